The van der Waals surface area contributed by atoms with E-state index in [0.29, 0.717) is 0 Å². The molecule has 1 rings (SSSR count). The molecule has 1 N–H and O–H groups in total. The number of hydrogen-bond donors (Lipinski definition) is 1. The van der Waals surface area contributed by atoms with Gasteiger partial charge in [0.15, 0.2) is 0 Å². The van der Waals surface area contributed by atoms with E-state index in [2.05, 4.69) is 11.4 Å². The van der Waals surface area contributed by atoms with Crippen LogP contribution in [0.4, 0.5) is 13.2 Å². The third-order valence-corrected chi connectivity index (χ3v) is 3.76. The minimum absolute atomic E-state index is 0.0170. The van der Waals surface area contributed by atoms with Crippen LogP contribution >= 0.6 is 11.3 Å². The van der Waals surface area contributed by atoms with Gasteiger partial charge >= 0.3 is 6.18 Å². The molecule has 0 saturated heterocycles. The molecule has 0 aliphatic heterocycles. The van der Waals surface area contributed by atoms with Crippen molar-refractivity contribution in [2.45, 2.75) is 51.2 Å². The van der Waals surface area contributed by atoms with E-state index in [1.54, 1.807) is 11.3 Å². The smallest absolute Gasteiger partial charge is 0.314 e. The van der Waals surface area contributed by atoms with Crippen molar-refractivity contribution in [3.63, 3.8) is 0 Å². The monoisotopic (exact) mass is 279 g/mol. The molecule has 5 heteroatoms. The van der Waals surface area contributed by atoms with Crippen molar-refractivity contribution in [3.8, 4) is 0 Å². The normalized spacial score (nSPS) is 13.8. The predicted octanol–water partition coefficient (Wildman–Crippen LogP) is 4.39. The summed E-state index contributed by atoms with van der Waals surface area (Å²) < 4.78 is 36.5. The molecule has 1 atom stereocenters. The van der Waals surface area contributed by atoms with Gasteiger partial charge in [0.1, 0.15) is 0 Å². The molecule has 0 aliphatic rings. The van der Waals surface area contributed by atoms with E-state index < -0.39 is 12.6 Å². The van der Waals surface area contributed by atoms with Gasteiger partial charge in [-0.05, 0) is 43.7 Å². The minimum atomic E-state index is -4.04. The summed E-state index contributed by atoms with van der Waals surface area (Å²) in [6, 6.07) is 4.06. The van der Waals surface area contributed by atoms with E-state index in [1.165, 1.54) is 4.88 Å². The van der Waals surface area contributed by atoms with Gasteiger partial charge in [-0.1, -0.05) is 13.0 Å². The van der Waals surface area contributed by atoms with Gasteiger partial charge in [0.25, 0.3) is 0 Å². The van der Waals surface area contributed by atoms with E-state index in [0.717, 1.165) is 25.8 Å². The number of alkyl halides is 3. The molecule has 0 amide bonds. The van der Waals surface area contributed by atoms with Gasteiger partial charge in [0.05, 0.1) is 0 Å². The molecule has 1 aromatic heterocycles. The third kappa shape index (κ3) is 7.01. The summed E-state index contributed by atoms with van der Waals surface area (Å²) in [7, 11) is 0. The molecule has 1 heterocycles. The number of rotatable bonds is 8. The summed E-state index contributed by atoms with van der Waals surface area (Å²) in [5, 5.41) is 5.17. The Labute approximate surface area is 110 Å². The fourth-order valence-electron chi connectivity index (χ4n) is 1.95. The fourth-order valence-corrected chi connectivity index (χ4v) is 2.70. The van der Waals surface area contributed by atoms with Crippen molar-refractivity contribution in [2.24, 2.45) is 0 Å². The maximum absolute atomic E-state index is 12.2. The van der Waals surface area contributed by atoms with Crippen LogP contribution in [-0.2, 0) is 6.42 Å². The zero-order valence-electron chi connectivity index (χ0n) is 10.6. The maximum Gasteiger partial charge on any atom is 0.389 e. The van der Waals surface area contributed by atoms with Crippen molar-refractivity contribution in [1.82, 2.24) is 5.32 Å². The molecule has 0 aliphatic carbocycles. The van der Waals surface area contributed by atoms with Crippen molar-refractivity contribution in [1.29, 1.82) is 0 Å². The van der Waals surface area contributed by atoms with Gasteiger partial charge in [-0.3, -0.25) is 0 Å². The van der Waals surface area contributed by atoms with Crippen LogP contribution < -0.4 is 5.32 Å². The molecular formula is C13H20F3NS. The van der Waals surface area contributed by atoms with Crippen LogP contribution in [0.3, 0.4) is 0 Å². The highest BCUT2D eigenvalue weighted by Gasteiger charge is 2.27. The van der Waals surface area contributed by atoms with Crippen molar-refractivity contribution in [3.05, 3.63) is 22.4 Å². The zero-order valence-corrected chi connectivity index (χ0v) is 11.4. The van der Waals surface area contributed by atoms with Gasteiger partial charge in [-0.15, -0.1) is 11.3 Å². The SMILES string of the molecule is CCNC(CCCc1cccs1)CCC(F)(F)F. The number of halogens is 3. The second-order valence-electron chi connectivity index (χ2n) is 4.38. The fraction of sp³-hybridized carbons (Fsp3) is 0.692. The highest BCUT2D eigenvalue weighted by atomic mass is 32.1. The Morgan fingerprint density at radius 2 is 2.11 bits per heavy atom. The largest absolute Gasteiger partial charge is 0.389 e. The molecule has 0 spiro atoms. The quantitative estimate of drug-likeness (QED) is 0.744. The van der Waals surface area contributed by atoms with Crippen molar-refractivity contribution < 1.29 is 13.2 Å². The van der Waals surface area contributed by atoms with Crippen LogP contribution in [0.2, 0.25) is 0 Å². The van der Waals surface area contributed by atoms with Crippen LogP contribution in [-0.4, -0.2) is 18.8 Å². The Morgan fingerprint density at radius 3 is 2.67 bits per heavy atom. The van der Waals surface area contributed by atoms with Crippen molar-refractivity contribution in [2.75, 3.05) is 6.54 Å². The summed E-state index contributed by atoms with van der Waals surface area (Å²) in [6.45, 7) is 2.65. The molecule has 0 fully saturated rings. The van der Waals surface area contributed by atoms with E-state index in [4.69, 9.17) is 0 Å². The number of hydrogen-bond acceptors (Lipinski definition) is 2. The molecule has 0 saturated carbocycles. The Kier molecular flexibility index (Phi) is 6.71. The van der Waals surface area contributed by atoms with Gasteiger partial charge in [0, 0.05) is 17.3 Å². The second kappa shape index (κ2) is 7.79. The van der Waals surface area contributed by atoms with Crippen molar-refractivity contribution >= 4 is 11.3 Å². The maximum atomic E-state index is 12.2. The third-order valence-electron chi connectivity index (χ3n) is 2.82. The first-order valence-corrected chi connectivity index (χ1v) is 7.21. The lowest BCUT2D eigenvalue weighted by atomic mass is 10.0. The van der Waals surface area contributed by atoms with Gasteiger partial charge in [0.2, 0.25) is 0 Å². The molecule has 0 bridgehead atoms. The molecule has 0 aromatic carbocycles. The number of nitrogens with one attached hydrogen (secondary N) is 1. The summed E-state index contributed by atoms with van der Waals surface area (Å²) in [5.41, 5.74) is 0. The first-order chi connectivity index (χ1) is 8.51. The Bertz CT molecular complexity index is 309. The van der Waals surface area contributed by atoms with E-state index in [9.17, 15) is 13.2 Å². The molecule has 104 valence electrons. The van der Waals surface area contributed by atoms with E-state index >= 15 is 0 Å². The number of thiophene rings is 1. The topological polar surface area (TPSA) is 12.0 Å². The lowest BCUT2D eigenvalue weighted by Gasteiger charge is -2.18. The Hall–Kier alpha value is -0.550. The minimum Gasteiger partial charge on any atom is -0.314 e. The van der Waals surface area contributed by atoms with Crippen LogP contribution in [0.1, 0.15) is 37.5 Å². The van der Waals surface area contributed by atoms with Crippen LogP contribution in [0, 0.1) is 0 Å². The predicted molar refractivity (Wildman–Crippen MR) is 70.0 cm³/mol. The average molecular weight is 279 g/mol. The van der Waals surface area contributed by atoms with E-state index in [-0.39, 0.29) is 12.5 Å². The van der Waals surface area contributed by atoms with E-state index in [1.807, 2.05) is 18.4 Å². The first kappa shape index (κ1) is 15.5. The summed E-state index contributed by atoms with van der Waals surface area (Å²) in [4.78, 5) is 1.31. The Morgan fingerprint density at radius 1 is 1.33 bits per heavy atom. The summed E-state index contributed by atoms with van der Waals surface area (Å²) >= 11 is 1.71. The summed E-state index contributed by atoms with van der Waals surface area (Å²) in [5.74, 6) is 0. The Balaban J connectivity index is 2.24. The highest BCUT2D eigenvalue weighted by Crippen LogP contribution is 2.23. The van der Waals surface area contributed by atoms with Gasteiger partial charge in [-0.2, -0.15) is 13.2 Å². The average Bonchev–Trinajstić information content (AvgIpc) is 2.78. The lowest BCUT2D eigenvalue weighted by Crippen LogP contribution is -2.30. The van der Waals surface area contributed by atoms with Gasteiger partial charge in [-0.25, -0.2) is 0 Å². The molecule has 0 radical (unpaired) electrons. The molecule has 1 unspecified atom stereocenters. The van der Waals surface area contributed by atoms with Crippen LogP contribution in [0.25, 0.3) is 0 Å². The molecule has 18 heavy (non-hydrogen) atoms. The lowest BCUT2D eigenvalue weighted by molar-refractivity contribution is -0.136. The summed E-state index contributed by atoms with van der Waals surface area (Å²) in [6.07, 6.45) is -1.84. The van der Waals surface area contributed by atoms with Gasteiger partial charge < -0.3 is 5.32 Å². The zero-order chi connectivity index (χ0) is 13.4. The molecular weight excluding hydrogens is 259 g/mol. The van der Waals surface area contributed by atoms with Crippen LogP contribution in [0.5, 0.6) is 0 Å². The molecule has 1 nitrogen and oxygen atoms in total. The standard InChI is InChI=1S/C13H20F3NS/c1-2-17-11(8-9-13(14,15)16)5-3-6-12-7-4-10-18-12/h4,7,10-11,17H,2-3,5-6,8-9H2,1H3. The van der Waals surface area contributed by atoms with Crippen LogP contribution in [0.15, 0.2) is 17.5 Å². The second-order valence-corrected chi connectivity index (χ2v) is 5.41. The number of aryl methyl sites for hydroxylation is 1. The molecule has 1 aromatic rings. The first-order valence-electron chi connectivity index (χ1n) is 6.34. The highest BCUT2D eigenvalue weighted by molar-refractivity contribution is 7.09.